The maximum atomic E-state index is 12.4. The van der Waals surface area contributed by atoms with E-state index in [2.05, 4.69) is 0 Å². The van der Waals surface area contributed by atoms with E-state index in [1.807, 2.05) is 43.3 Å². The number of nitrogens with zero attached hydrogens (tertiary/aromatic N) is 1. The van der Waals surface area contributed by atoms with Gasteiger partial charge in [-0.2, -0.15) is 0 Å². The molecule has 0 atom stereocenters. The third-order valence-electron chi connectivity index (χ3n) is 2.76. The number of para-hydroxylation sites is 1. The summed E-state index contributed by atoms with van der Waals surface area (Å²) in [7, 11) is 3.81. The second-order valence-electron chi connectivity index (χ2n) is 4.29. The molecule has 0 saturated carbocycles. The van der Waals surface area contributed by atoms with Gasteiger partial charge in [0.25, 0.3) is 0 Å². The van der Waals surface area contributed by atoms with E-state index in [-0.39, 0.29) is 11.5 Å². The molecule has 0 unspecified atom stereocenters. The summed E-state index contributed by atoms with van der Waals surface area (Å²) in [5, 5.41) is 9.23. The first-order valence-electron chi connectivity index (χ1n) is 5.69. The molecule has 0 amide bonds. The van der Waals surface area contributed by atoms with Gasteiger partial charge >= 0.3 is 0 Å². The van der Waals surface area contributed by atoms with Gasteiger partial charge in [0, 0.05) is 30.9 Å². The molecule has 3 heteroatoms. The fourth-order valence-corrected chi connectivity index (χ4v) is 1.82. The van der Waals surface area contributed by atoms with Crippen LogP contribution in [0.5, 0.6) is 5.75 Å². The Bertz CT molecular complexity index is 559. The van der Waals surface area contributed by atoms with Gasteiger partial charge in [0.2, 0.25) is 0 Å². The molecule has 2 rings (SSSR count). The van der Waals surface area contributed by atoms with Crippen molar-refractivity contribution in [2.45, 2.75) is 0 Å². The Labute approximate surface area is 106 Å². The van der Waals surface area contributed by atoms with Gasteiger partial charge in [-0.3, -0.25) is 4.79 Å². The summed E-state index contributed by atoms with van der Waals surface area (Å²) in [6.07, 6.45) is 0. The lowest BCUT2D eigenvalue weighted by molar-refractivity contribution is 0.103. The third kappa shape index (κ3) is 2.35. The molecule has 0 spiro atoms. The van der Waals surface area contributed by atoms with E-state index < -0.39 is 0 Å². The van der Waals surface area contributed by atoms with E-state index in [0.29, 0.717) is 11.1 Å². The van der Waals surface area contributed by atoms with Crippen LogP contribution in [0.15, 0.2) is 48.5 Å². The molecular weight excluding hydrogens is 226 g/mol. The van der Waals surface area contributed by atoms with Crippen LogP contribution in [-0.2, 0) is 0 Å². The zero-order chi connectivity index (χ0) is 13.1. The highest BCUT2D eigenvalue weighted by Gasteiger charge is 2.14. The predicted octanol–water partition coefficient (Wildman–Crippen LogP) is 2.69. The van der Waals surface area contributed by atoms with Crippen molar-refractivity contribution in [3.8, 4) is 5.75 Å². The van der Waals surface area contributed by atoms with Crippen LogP contribution in [-0.4, -0.2) is 25.0 Å². The first kappa shape index (κ1) is 12.2. The molecule has 0 radical (unpaired) electrons. The summed E-state index contributed by atoms with van der Waals surface area (Å²) in [6.45, 7) is 0. The molecule has 0 aliphatic carbocycles. The van der Waals surface area contributed by atoms with Crippen LogP contribution in [0.1, 0.15) is 15.9 Å². The number of hydrogen-bond acceptors (Lipinski definition) is 3. The van der Waals surface area contributed by atoms with E-state index in [4.69, 9.17) is 0 Å². The van der Waals surface area contributed by atoms with Gasteiger partial charge in [0.15, 0.2) is 5.78 Å². The number of hydrogen-bond donors (Lipinski definition) is 1. The molecule has 0 heterocycles. The van der Waals surface area contributed by atoms with Crippen LogP contribution in [0.3, 0.4) is 0 Å². The Morgan fingerprint density at radius 3 is 2.22 bits per heavy atom. The second-order valence-corrected chi connectivity index (χ2v) is 4.29. The number of aromatic hydroxyl groups is 1. The molecule has 18 heavy (non-hydrogen) atoms. The quantitative estimate of drug-likeness (QED) is 0.840. The average Bonchev–Trinajstić information content (AvgIpc) is 2.39. The number of carbonyl (C=O) groups is 1. The fraction of sp³-hybridized carbons (Fsp3) is 0.133. The summed E-state index contributed by atoms with van der Waals surface area (Å²) in [5.74, 6) is 0.117. The van der Waals surface area contributed by atoms with Crippen molar-refractivity contribution in [1.29, 1.82) is 0 Å². The number of benzene rings is 2. The normalized spacial score (nSPS) is 10.1. The minimum atomic E-state index is -0.0423. The van der Waals surface area contributed by atoms with Crippen molar-refractivity contribution >= 4 is 11.5 Å². The zero-order valence-corrected chi connectivity index (χ0v) is 10.4. The largest absolute Gasteiger partial charge is 0.508 e. The topological polar surface area (TPSA) is 40.5 Å². The Morgan fingerprint density at radius 1 is 1.00 bits per heavy atom. The van der Waals surface area contributed by atoms with Crippen LogP contribution >= 0.6 is 0 Å². The van der Waals surface area contributed by atoms with Gasteiger partial charge in [-0.1, -0.05) is 12.1 Å². The molecule has 0 bridgehead atoms. The average molecular weight is 241 g/mol. The predicted molar refractivity (Wildman–Crippen MR) is 72.3 cm³/mol. The van der Waals surface area contributed by atoms with E-state index in [1.54, 1.807) is 12.1 Å². The van der Waals surface area contributed by atoms with E-state index in [9.17, 15) is 9.90 Å². The highest BCUT2D eigenvalue weighted by Crippen LogP contribution is 2.22. The number of rotatable bonds is 3. The van der Waals surface area contributed by atoms with Gasteiger partial charge in [0.05, 0.1) is 0 Å². The SMILES string of the molecule is CN(C)c1ccccc1C(=O)c1ccc(O)cc1. The van der Waals surface area contributed by atoms with Gasteiger partial charge in [-0.15, -0.1) is 0 Å². The summed E-state index contributed by atoms with van der Waals surface area (Å²) >= 11 is 0. The van der Waals surface area contributed by atoms with Crippen molar-refractivity contribution in [3.63, 3.8) is 0 Å². The van der Waals surface area contributed by atoms with Crippen molar-refractivity contribution < 1.29 is 9.90 Å². The van der Waals surface area contributed by atoms with Crippen molar-refractivity contribution in [1.82, 2.24) is 0 Å². The molecule has 0 saturated heterocycles. The molecule has 92 valence electrons. The van der Waals surface area contributed by atoms with Gasteiger partial charge < -0.3 is 10.0 Å². The Kier molecular flexibility index (Phi) is 3.33. The molecule has 2 aromatic rings. The molecule has 2 aromatic carbocycles. The third-order valence-corrected chi connectivity index (χ3v) is 2.76. The van der Waals surface area contributed by atoms with Crippen LogP contribution < -0.4 is 4.90 Å². The van der Waals surface area contributed by atoms with Gasteiger partial charge in [-0.05, 0) is 36.4 Å². The van der Waals surface area contributed by atoms with E-state index in [1.165, 1.54) is 12.1 Å². The molecule has 1 N–H and O–H groups in total. The minimum absolute atomic E-state index is 0.0423. The van der Waals surface area contributed by atoms with E-state index in [0.717, 1.165) is 5.69 Å². The number of ketones is 1. The molecule has 3 nitrogen and oxygen atoms in total. The molecule has 0 aliphatic heterocycles. The minimum Gasteiger partial charge on any atom is -0.508 e. The summed E-state index contributed by atoms with van der Waals surface area (Å²) in [6, 6.07) is 13.8. The Balaban J connectivity index is 2.43. The molecular formula is C15H15NO2. The summed E-state index contributed by atoms with van der Waals surface area (Å²) in [5.41, 5.74) is 2.12. The smallest absolute Gasteiger partial charge is 0.195 e. The maximum absolute atomic E-state index is 12.4. The molecule has 0 fully saturated rings. The van der Waals surface area contributed by atoms with E-state index >= 15 is 0 Å². The van der Waals surface area contributed by atoms with Crippen molar-refractivity contribution in [2.24, 2.45) is 0 Å². The lowest BCUT2D eigenvalue weighted by Gasteiger charge is -2.16. The summed E-state index contributed by atoms with van der Waals surface area (Å²) in [4.78, 5) is 14.3. The Hall–Kier alpha value is -2.29. The Morgan fingerprint density at radius 2 is 1.61 bits per heavy atom. The first-order valence-corrected chi connectivity index (χ1v) is 5.69. The highest BCUT2D eigenvalue weighted by molar-refractivity contribution is 6.12. The van der Waals surface area contributed by atoms with Crippen LogP contribution in [0, 0.1) is 0 Å². The number of phenolic OH excluding ortho intramolecular Hbond substituents is 1. The lowest BCUT2D eigenvalue weighted by atomic mass is 10.0. The number of carbonyl (C=O) groups excluding carboxylic acids is 1. The highest BCUT2D eigenvalue weighted by atomic mass is 16.3. The second kappa shape index (κ2) is 4.92. The van der Waals surface area contributed by atoms with Crippen LogP contribution in [0.25, 0.3) is 0 Å². The first-order chi connectivity index (χ1) is 8.59. The molecule has 0 aliphatic rings. The number of anilines is 1. The van der Waals surface area contributed by atoms with Crippen LogP contribution in [0.4, 0.5) is 5.69 Å². The zero-order valence-electron chi connectivity index (χ0n) is 10.4. The van der Waals surface area contributed by atoms with Crippen molar-refractivity contribution in [3.05, 3.63) is 59.7 Å². The van der Waals surface area contributed by atoms with Crippen LogP contribution in [0.2, 0.25) is 0 Å². The summed E-state index contributed by atoms with van der Waals surface area (Å²) < 4.78 is 0. The standard InChI is InChI=1S/C15H15NO2/c1-16(2)14-6-4-3-5-13(14)15(18)11-7-9-12(17)10-8-11/h3-10,17H,1-2H3. The van der Waals surface area contributed by atoms with Crippen molar-refractivity contribution in [2.75, 3.05) is 19.0 Å². The van der Waals surface area contributed by atoms with Gasteiger partial charge in [-0.25, -0.2) is 0 Å². The monoisotopic (exact) mass is 241 g/mol. The lowest BCUT2D eigenvalue weighted by Crippen LogP contribution is -2.14. The maximum Gasteiger partial charge on any atom is 0.195 e. The molecule has 0 aromatic heterocycles. The van der Waals surface area contributed by atoms with Gasteiger partial charge in [0.1, 0.15) is 5.75 Å². The fourth-order valence-electron chi connectivity index (χ4n) is 1.82. The number of phenols is 1.